The quantitative estimate of drug-likeness (QED) is 0.0222. The first kappa shape index (κ1) is 71.1. The lowest BCUT2D eigenvalue weighted by molar-refractivity contribution is -0.161. The van der Waals surface area contributed by atoms with Gasteiger partial charge in [-0.25, -0.2) is 9.13 Å². The summed E-state index contributed by atoms with van der Waals surface area (Å²) in [5.41, 5.74) is 0. The van der Waals surface area contributed by atoms with Gasteiger partial charge in [0.2, 0.25) is 0 Å². The Morgan fingerprint density at radius 3 is 0.973 bits per heavy atom. The number of hydrogen-bond donors (Lipinski definition) is 3. The molecule has 0 amide bonds. The summed E-state index contributed by atoms with van der Waals surface area (Å²) >= 11 is 0. The van der Waals surface area contributed by atoms with Crippen molar-refractivity contribution >= 4 is 39.5 Å². The van der Waals surface area contributed by atoms with Crippen molar-refractivity contribution in [3.05, 3.63) is 0 Å². The third-order valence-corrected chi connectivity index (χ3v) is 14.5. The highest BCUT2D eigenvalue weighted by Crippen LogP contribution is 2.45. The molecule has 0 fully saturated rings. The van der Waals surface area contributed by atoms with Crippen LogP contribution in [0.4, 0.5) is 0 Å². The van der Waals surface area contributed by atoms with Crippen molar-refractivity contribution in [2.45, 2.75) is 278 Å². The van der Waals surface area contributed by atoms with Crippen LogP contribution in [0.3, 0.4) is 0 Å². The third kappa shape index (κ3) is 48.2. The Morgan fingerprint density at radius 2 is 0.658 bits per heavy atom. The first-order valence-corrected chi connectivity index (χ1v) is 31.7. The predicted octanol–water partition coefficient (Wildman–Crippen LogP) is 13.9. The minimum absolute atomic E-state index is 0.103. The molecule has 3 unspecified atom stereocenters. The molecule has 0 saturated carbocycles. The molecule has 0 rings (SSSR count). The number of phosphoric ester groups is 2. The highest BCUT2D eigenvalue weighted by molar-refractivity contribution is 7.47. The molecule has 6 atom stereocenters. The van der Waals surface area contributed by atoms with Gasteiger partial charge < -0.3 is 33.8 Å². The number of ether oxygens (including phenoxy) is 4. The fourth-order valence-corrected chi connectivity index (χ4v) is 9.36. The van der Waals surface area contributed by atoms with Crippen molar-refractivity contribution in [1.29, 1.82) is 0 Å². The molecule has 0 aromatic rings. The number of aliphatic hydroxyl groups is 1. The van der Waals surface area contributed by atoms with Gasteiger partial charge in [-0.1, -0.05) is 208 Å². The van der Waals surface area contributed by atoms with Crippen molar-refractivity contribution < 1.29 is 80.2 Å². The number of rotatable bonds is 54. The molecule has 17 nitrogen and oxygen atoms in total. The average molecular weight is 1090 g/mol. The van der Waals surface area contributed by atoms with Gasteiger partial charge in [0.15, 0.2) is 12.2 Å². The molecule has 0 heterocycles. The summed E-state index contributed by atoms with van der Waals surface area (Å²) in [4.78, 5) is 71.3. The zero-order valence-corrected chi connectivity index (χ0v) is 48.0. The van der Waals surface area contributed by atoms with E-state index in [1.165, 1.54) is 57.8 Å². The Kier molecular flexibility index (Phi) is 47.1. The van der Waals surface area contributed by atoms with Crippen LogP contribution in [-0.2, 0) is 65.4 Å². The molecular weight excluding hydrogens is 983 g/mol. The van der Waals surface area contributed by atoms with Crippen molar-refractivity contribution in [1.82, 2.24) is 0 Å². The number of aliphatic hydroxyl groups excluding tert-OH is 1. The number of carbonyl (C=O) groups is 4. The van der Waals surface area contributed by atoms with E-state index in [2.05, 4.69) is 34.6 Å². The zero-order chi connectivity index (χ0) is 54.3. The number of unbranched alkanes of at least 4 members (excludes halogenated alkanes) is 25. The second-order valence-corrected chi connectivity index (χ2v) is 22.8. The van der Waals surface area contributed by atoms with E-state index in [-0.39, 0.29) is 25.7 Å². The van der Waals surface area contributed by atoms with Gasteiger partial charge in [0.05, 0.1) is 26.4 Å². The van der Waals surface area contributed by atoms with Gasteiger partial charge >= 0.3 is 39.5 Å². The van der Waals surface area contributed by atoms with Crippen molar-refractivity contribution in [2.75, 3.05) is 39.6 Å². The first-order valence-electron chi connectivity index (χ1n) is 28.7. The molecule has 0 aromatic carbocycles. The molecule has 19 heteroatoms. The Morgan fingerprint density at radius 1 is 0.384 bits per heavy atom. The fraction of sp³-hybridized carbons (Fsp3) is 0.926. The van der Waals surface area contributed by atoms with E-state index in [1.54, 1.807) is 0 Å². The van der Waals surface area contributed by atoms with E-state index >= 15 is 0 Å². The molecule has 0 bridgehead atoms. The molecule has 0 aliphatic heterocycles. The van der Waals surface area contributed by atoms with Gasteiger partial charge in [0.1, 0.15) is 19.3 Å². The first-order chi connectivity index (χ1) is 35.1. The van der Waals surface area contributed by atoms with Crippen LogP contribution in [0.1, 0.15) is 259 Å². The second-order valence-electron chi connectivity index (χ2n) is 19.9. The van der Waals surface area contributed by atoms with Gasteiger partial charge in [0, 0.05) is 25.7 Å². The predicted molar refractivity (Wildman–Crippen MR) is 285 cm³/mol. The van der Waals surface area contributed by atoms with Crippen LogP contribution >= 0.6 is 15.6 Å². The van der Waals surface area contributed by atoms with Gasteiger partial charge in [0.25, 0.3) is 0 Å². The maximum absolute atomic E-state index is 12.9. The Labute approximate surface area is 441 Å². The molecule has 0 aromatic heterocycles. The van der Waals surface area contributed by atoms with E-state index in [4.69, 9.17) is 37.0 Å². The molecule has 3 N–H and O–H groups in total. The summed E-state index contributed by atoms with van der Waals surface area (Å²) in [6, 6.07) is 0. The lowest BCUT2D eigenvalue weighted by atomic mass is 10.00. The summed E-state index contributed by atoms with van der Waals surface area (Å²) < 4.78 is 67.2. The van der Waals surface area contributed by atoms with E-state index in [9.17, 15) is 43.2 Å². The van der Waals surface area contributed by atoms with Crippen LogP contribution in [-0.4, -0.2) is 96.7 Å². The summed E-state index contributed by atoms with van der Waals surface area (Å²) in [6.45, 7) is 6.94. The summed E-state index contributed by atoms with van der Waals surface area (Å²) in [6.07, 6.45) is 28.4. The van der Waals surface area contributed by atoms with Gasteiger partial charge in [-0.3, -0.25) is 37.3 Å². The molecule has 73 heavy (non-hydrogen) atoms. The van der Waals surface area contributed by atoms with E-state index in [0.29, 0.717) is 25.7 Å². The van der Waals surface area contributed by atoms with Crippen molar-refractivity contribution in [3.63, 3.8) is 0 Å². The van der Waals surface area contributed by atoms with E-state index in [0.717, 1.165) is 121 Å². The molecule has 0 radical (unpaired) electrons. The highest BCUT2D eigenvalue weighted by Gasteiger charge is 2.30. The Bertz CT molecular complexity index is 1450. The number of esters is 4. The summed E-state index contributed by atoms with van der Waals surface area (Å²) in [5, 5.41) is 10.4. The smallest absolute Gasteiger partial charge is 0.462 e. The lowest BCUT2D eigenvalue weighted by Crippen LogP contribution is -2.30. The minimum atomic E-state index is -4.93. The maximum atomic E-state index is 12.9. The Balaban J connectivity index is 5.18. The highest BCUT2D eigenvalue weighted by atomic mass is 31.2. The van der Waals surface area contributed by atoms with Crippen LogP contribution in [0.5, 0.6) is 0 Å². The molecule has 432 valence electrons. The molecule has 0 spiro atoms. The number of carbonyl (C=O) groups excluding carboxylic acids is 4. The number of hydrogen-bond acceptors (Lipinski definition) is 15. The summed E-state index contributed by atoms with van der Waals surface area (Å²) in [7, 11) is -9.85. The maximum Gasteiger partial charge on any atom is 0.472 e. The molecule has 0 aliphatic carbocycles. The molecule has 0 saturated heterocycles. The monoisotopic (exact) mass is 1090 g/mol. The standard InChI is InChI=1S/C54H104O17P2/c1-6-10-13-16-18-19-20-21-23-30-35-40-54(59)71-50(44-65-52(57)38-33-28-25-24-27-31-36-47(5)9-4)46-69-73(62,63)67-42-48(55)41-66-72(60,61)68-45-49(43-64-51(56)37-32-26-15-12-8-3)70-53(58)39-34-29-22-17-14-11-7-2/h47-50,55H,6-46H2,1-5H3,(H,60,61)(H,62,63)/t47?,48-,49+,50+/m0/s1. The molecule has 0 aliphatic rings. The summed E-state index contributed by atoms with van der Waals surface area (Å²) in [5.74, 6) is -1.43. The Hall–Kier alpha value is -1.94. The molecular formula is C54H104O17P2. The van der Waals surface area contributed by atoms with Crippen LogP contribution in [0.15, 0.2) is 0 Å². The van der Waals surface area contributed by atoms with E-state index in [1.807, 2.05) is 0 Å². The van der Waals surface area contributed by atoms with Crippen LogP contribution in [0.25, 0.3) is 0 Å². The average Bonchev–Trinajstić information content (AvgIpc) is 3.36. The van der Waals surface area contributed by atoms with Gasteiger partial charge in [-0.15, -0.1) is 0 Å². The topological polar surface area (TPSA) is 237 Å². The lowest BCUT2D eigenvalue weighted by Gasteiger charge is -2.21. The third-order valence-electron chi connectivity index (χ3n) is 12.6. The van der Waals surface area contributed by atoms with E-state index < -0.39 is 97.5 Å². The fourth-order valence-electron chi connectivity index (χ4n) is 7.78. The normalized spacial score (nSPS) is 14.9. The van der Waals surface area contributed by atoms with Crippen LogP contribution in [0.2, 0.25) is 0 Å². The van der Waals surface area contributed by atoms with Gasteiger partial charge in [-0.05, 0) is 31.6 Å². The SMILES string of the molecule is CCCCCCCCCCCCCC(=O)O[C@H](COC(=O)CCCCCCCCC(C)CC)COP(=O)(O)OC[C@@H](O)COP(=O)(O)OC[C@@H](COC(=O)CCCCCCC)OC(=O)CCCCCCCCC. The van der Waals surface area contributed by atoms with Crippen LogP contribution in [0, 0.1) is 5.92 Å². The second kappa shape index (κ2) is 48.4. The largest absolute Gasteiger partial charge is 0.472 e. The van der Waals surface area contributed by atoms with Gasteiger partial charge in [-0.2, -0.15) is 0 Å². The zero-order valence-electron chi connectivity index (χ0n) is 46.3. The number of phosphoric acid groups is 2. The van der Waals surface area contributed by atoms with Crippen LogP contribution < -0.4 is 0 Å². The minimum Gasteiger partial charge on any atom is -0.462 e. The van der Waals surface area contributed by atoms with Crippen molar-refractivity contribution in [2.24, 2.45) is 5.92 Å². The van der Waals surface area contributed by atoms with Crippen molar-refractivity contribution in [3.8, 4) is 0 Å².